The van der Waals surface area contributed by atoms with Crippen molar-refractivity contribution in [3.63, 3.8) is 0 Å². The van der Waals surface area contributed by atoms with E-state index in [9.17, 15) is 0 Å². The van der Waals surface area contributed by atoms with Crippen molar-refractivity contribution in [2.75, 3.05) is 19.8 Å². The second-order valence-corrected chi connectivity index (χ2v) is 4.53. The van der Waals surface area contributed by atoms with Crippen molar-refractivity contribution in [3.05, 3.63) is 23.8 Å². The quantitative estimate of drug-likeness (QED) is 0.606. The molecule has 1 aliphatic carbocycles. The summed E-state index contributed by atoms with van der Waals surface area (Å²) in [7, 11) is 0. The van der Waals surface area contributed by atoms with Crippen molar-refractivity contribution < 1.29 is 14.3 Å². The van der Waals surface area contributed by atoms with Crippen molar-refractivity contribution in [1.29, 1.82) is 0 Å². The van der Waals surface area contributed by atoms with Gasteiger partial charge in [0, 0.05) is 11.5 Å². The SMILES string of the molecule is CCO/N=C(/c1ccc2c(c1)OCCO2)C1CC1. The van der Waals surface area contributed by atoms with Gasteiger partial charge in [0.2, 0.25) is 0 Å². The molecule has 18 heavy (non-hydrogen) atoms. The zero-order chi connectivity index (χ0) is 12.4. The Morgan fingerprint density at radius 3 is 2.78 bits per heavy atom. The summed E-state index contributed by atoms with van der Waals surface area (Å²) in [6.45, 7) is 3.77. The van der Waals surface area contributed by atoms with Gasteiger partial charge in [0.1, 0.15) is 19.8 Å². The molecule has 2 aliphatic rings. The van der Waals surface area contributed by atoms with Crippen molar-refractivity contribution in [1.82, 2.24) is 0 Å². The lowest BCUT2D eigenvalue weighted by Crippen LogP contribution is -2.16. The van der Waals surface area contributed by atoms with Gasteiger partial charge in [0.25, 0.3) is 0 Å². The molecule has 0 radical (unpaired) electrons. The smallest absolute Gasteiger partial charge is 0.162 e. The van der Waals surface area contributed by atoms with Crippen LogP contribution in [-0.4, -0.2) is 25.5 Å². The standard InChI is InChI=1S/C14H17NO3/c1-2-18-15-14(10-3-4-10)11-5-6-12-13(9-11)17-8-7-16-12/h5-6,9-10H,2-4,7-8H2,1H3/b15-14+. The maximum Gasteiger partial charge on any atom is 0.162 e. The fraction of sp³-hybridized carbons (Fsp3) is 0.500. The number of fused-ring (bicyclic) bond motifs is 1. The highest BCUT2D eigenvalue weighted by atomic mass is 16.6. The first kappa shape index (κ1) is 11.4. The zero-order valence-electron chi connectivity index (χ0n) is 10.5. The first-order valence-corrected chi connectivity index (χ1v) is 6.48. The average molecular weight is 247 g/mol. The van der Waals surface area contributed by atoms with E-state index in [-0.39, 0.29) is 0 Å². The molecule has 1 aromatic carbocycles. The van der Waals surface area contributed by atoms with Crippen LogP contribution in [-0.2, 0) is 4.84 Å². The fourth-order valence-electron chi connectivity index (χ4n) is 2.06. The maximum atomic E-state index is 5.60. The second-order valence-electron chi connectivity index (χ2n) is 4.53. The lowest BCUT2D eigenvalue weighted by Gasteiger charge is -2.19. The number of benzene rings is 1. The number of oxime groups is 1. The van der Waals surface area contributed by atoms with E-state index in [2.05, 4.69) is 5.16 Å². The monoisotopic (exact) mass is 247 g/mol. The van der Waals surface area contributed by atoms with Gasteiger partial charge in [-0.25, -0.2) is 0 Å². The van der Waals surface area contributed by atoms with Gasteiger partial charge in [0.05, 0.1) is 5.71 Å². The summed E-state index contributed by atoms with van der Waals surface area (Å²) >= 11 is 0. The van der Waals surface area contributed by atoms with E-state index >= 15 is 0 Å². The summed E-state index contributed by atoms with van der Waals surface area (Å²) in [5, 5.41) is 4.24. The van der Waals surface area contributed by atoms with Gasteiger partial charge in [-0.05, 0) is 38.0 Å². The lowest BCUT2D eigenvalue weighted by molar-refractivity contribution is 0.158. The van der Waals surface area contributed by atoms with Gasteiger partial charge in [-0.15, -0.1) is 0 Å². The van der Waals surface area contributed by atoms with Crippen LogP contribution in [0.3, 0.4) is 0 Å². The molecule has 0 N–H and O–H groups in total. The molecule has 4 heteroatoms. The van der Waals surface area contributed by atoms with Gasteiger partial charge in [-0.1, -0.05) is 5.16 Å². The third-order valence-corrected chi connectivity index (χ3v) is 3.09. The molecule has 96 valence electrons. The van der Waals surface area contributed by atoms with Crippen molar-refractivity contribution in [2.45, 2.75) is 19.8 Å². The molecule has 4 nitrogen and oxygen atoms in total. The van der Waals surface area contributed by atoms with E-state index in [0.717, 1.165) is 22.8 Å². The number of hydrogen-bond donors (Lipinski definition) is 0. The maximum absolute atomic E-state index is 5.60. The minimum atomic E-state index is 0.541. The Bertz CT molecular complexity index is 466. The van der Waals surface area contributed by atoms with Gasteiger partial charge < -0.3 is 14.3 Å². The van der Waals surface area contributed by atoms with Crippen LogP contribution in [0.25, 0.3) is 0 Å². The minimum Gasteiger partial charge on any atom is -0.486 e. The molecule has 1 saturated carbocycles. The predicted octanol–water partition coefficient (Wildman–Crippen LogP) is 2.61. The van der Waals surface area contributed by atoms with Gasteiger partial charge in [-0.3, -0.25) is 0 Å². The first-order valence-electron chi connectivity index (χ1n) is 6.48. The third-order valence-electron chi connectivity index (χ3n) is 3.09. The third kappa shape index (κ3) is 2.28. The summed E-state index contributed by atoms with van der Waals surface area (Å²) < 4.78 is 11.1. The van der Waals surface area contributed by atoms with Crippen LogP contribution < -0.4 is 9.47 Å². The molecule has 0 unspecified atom stereocenters. The molecule has 0 bridgehead atoms. The fourth-order valence-corrected chi connectivity index (χ4v) is 2.06. The highest BCUT2D eigenvalue weighted by Crippen LogP contribution is 2.37. The average Bonchev–Trinajstić information content (AvgIpc) is 3.24. The molecular formula is C14H17NO3. The van der Waals surface area contributed by atoms with Crippen molar-refractivity contribution in [3.8, 4) is 11.5 Å². The second kappa shape index (κ2) is 4.88. The van der Waals surface area contributed by atoms with Crippen LogP contribution in [0.5, 0.6) is 11.5 Å². The Hall–Kier alpha value is -1.71. The van der Waals surface area contributed by atoms with Crippen LogP contribution in [0.15, 0.2) is 23.4 Å². The number of rotatable bonds is 4. The molecule has 1 aliphatic heterocycles. The van der Waals surface area contributed by atoms with Gasteiger partial charge >= 0.3 is 0 Å². The molecule has 0 atom stereocenters. The van der Waals surface area contributed by atoms with E-state index < -0.39 is 0 Å². The summed E-state index contributed by atoms with van der Waals surface area (Å²) in [4.78, 5) is 5.21. The molecule has 3 rings (SSSR count). The Kier molecular flexibility index (Phi) is 3.09. The molecule has 1 heterocycles. The van der Waals surface area contributed by atoms with Crippen molar-refractivity contribution >= 4 is 5.71 Å². The Morgan fingerprint density at radius 2 is 2.06 bits per heavy atom. The van der Waals surface area contributed by atoms with E-state index in [0.29, 0.717) is 25.7 Å². The topological polar surface area (TPSA) is 40.0 Å². The summed E-state index contributed by atoms with van der Waals surface area (Å²) in [5.74, 6) is 2.17. The van der Waals surface area contributed by atoms with Gasteiger partial charge in [-0.2, -0.15) is 0 Å². The number of ether oxygens (including phenoxy) is 2. The summed E-state index contributed by atoms with van der Waals surface area (Å²) in [6.07, 6.45) is 2.39. The van der Waals surface area contributed by atoms with Crippen LogP contribution in [0, 0.1) is 5.92 Å². The first-order chi connectivity index (χ1) is 8.88. The summed E-state index contributed by atoms with van der Waals surface area (Å²) in [6, 6.07) is 5.99. The largest absolute Gasteiger partial charge is 0.486 e. The molecule has 1 fully saturated rings. The van der Waals surface area contributed by atoms with Crippen LogP contribution >= 0.6 is 0 Å². The molecule has 0 amide bonds. The van der Waals surface area contributed by atoms with E-state index in [1.165, 1.54) is 12.8 Å². The molecule has 0 spiro atoms. The Balaban J connectivity index is 1.89. The van der Waals surface area contributed by atoms with E-state index in [1.54, 1.807) is 0 Å². The highest BCUT2D eigenvalue weighted by Gasteiger charge is 2.30. The normalized spacial score (nSPS) is 18.6. The minimum absolute atomic E-state index is 0.541. The zero-order valence-corrected chi connectivity index (χ0v) is 10.5. The molecule has 1 aromatic rings. The van der Waals surface area contributed by atoms with Crippen LogP contribution in [0.1, 0.15) is 25.3 Å². The number of hydrogen-bond acceptors (Lipinski definition) is 4. The van der Waals surface area contributed by atoms with Crippen LogP contribution in [0.4, 0.5) is 0 Å². The summed E-state index contributed by atoms with van der Waals surface area (Å²) in [5.41, 5.74) is 2.11. The van der Waals surface area contributed by atoms with E-state index in [4.69, 9.17) is 14.3 Å². The Labute approximate surface area is 107 Å². The van der Waals surface area contributed by atoms with Gasteiger partial charge in [0.15, 0.2) is 11.5 Å². The van der Waals surface area contributed by atoms with Crippen molar-refractivity contribution in [2.24, 2.45) is 11.1 Å². The molecule has 0 saturated heterocycles. The number of nitrogens with zero attached hydrogens (tertiary/aromatic N) is 1. The molecule has 0 aromatic heterocycles. The van der Waals surface area contributed by atoms with Crippen LogP contribution in [0.2, 0.25) is 0 Å². The molecular weight excluding hydrogens is 230 g/mol. The predicted molar refractivity (Wildman–Crippen MR) is 68.3 cm³/mol. The van der Waals surface area contributed by atoms with E-state index in [1.807, 2.05) is 25.1 Å². The lowest BCUT2D eigenvalue weighted by atomic mass is 10.1. The Morgan fingerprint density at radius 1 is 1.28 bits per heavy atom. The highest BCUT2D eigenvalue weighted by molar-refractivity contribution is 6.03.